The van der Waals surface area contributed by atoms with Crippen molar-refractivity contribution in [2.75, 3.05) is 12.8 Å². The lowest BCUT2D eigenvalue weighted by atomic mass is 10.1. The van der Waals surface area contributed by atoms with Crippen LogP contribution in [0, 0.1) is 6.92 Å². The van der Waals surface area contributed by atoms with Crippen LogP contribution in [0.3, 0.4) is 0 Å². The molecule has 20 heavy (non-hydrogen) atoms. The van der Waals surface area contributed by atoms with E-state index >= 15 is 0 Å². The Morgan fingerprint density at radius 3 is 2.50 bits per heavy atom. The van der Waals surface area contributed by atoms with E-state index in [1.54, 1.807) is 48.3 Å². The summed E-state index contributed by atoms with van der Waals surface area (Å²) in [4.78, 5) is 14.0. The number of nitrogens with two attached hydrogens (primary N) is 1. The molecule has 0 aliphatic rings. The molecule has 4 nitrogen and oxygen atoms in total. The average molecular weight is 270 g/mol. The fourth-order valence-electron chi connectivity index (χ4n) is 2.01. The van der Waals surface area contributed by atoms with Gasteiger partial charge in [0.25, 0.3) is 5.91 Å². The fourth-order valence-corrected chi connectivity index (χ4v) is 2.01. The van der Waals surface area contributed by atoms with E-state index in [4.69, 9.17) is 5.73 Å². The second-order valence-electron chi connectivity index (χ2n) is 4.92. The summed E-state index contributed by atoms with van der Waals surface area (Å²) in [6.45, 7) is 2.39. The van der Waals surface area contributed by atoms with E-state index in [9.17, 15) is 9.90 Å². The summed E-state index contributed by atoms with van der Waals surface area (Å²) >= 11 is 0. The van der Waals surface area contributed by atoms with Crippen LogP contribution in [-0.2, 0) is 6.54 Å². The van der Waals surface area contributed by atoms with Crippen molar-refractivity contribution < 1.29 is 9.90 Å². The number of hydrogen-bond donors (Lipinski definition) is 2. The van der Waals surface area contributed by atoms with E-state index in [2.05, 4.69) is 0 Å². The van der Waals surface area contributed by atoms with Crippen molar-refractivity contribution in [3.8, 4) is 5.75 Å². The van der Waals surface area contributed by atoms with Crippen LogP contribution >= 0.6 is 0 Å². The quantitative estimate of drug-likeness (QED) is 0.842. The number of benzene rings is 2. The monoisotopic (exact) mass is 270 g/mol. The molecule has 104 valence electrons. The molecule has 0 saturated carbocycles. The number of aryl methyl sites for hydroxylation is 1. The molecule has 2 aromatic carbocycles. The number of anilines is 1. The zero-order valence-electron chi connectivity index (χ0n) is 11.6. The van der Waals surface area contributed by atoms with Crippen LogP contribution in [-0.4, -0.2) is 23.0 Å². The Labute approximate surface area is 118 Å². The Balaban J connectivity index is 2.16. The predicted octanol–water partition coefficient (Wildman–Crippen LogP) is 2.56. The van der Waals surface area contributed by atoms with E-state index in [1.807, 2.05) is 13.0 Å². The number of hydrogen-bond acceptors (Lipinski definition) is 3. The molecule has 2 rings (SSSR count). The van der Waals surface area contributed by atoms with Crippen molar-refractivity contribution in [3.05, 3.63) is 59.2 Å². The van der Waals surface area contributed by atoms with E-state index in [0.717, 1.165) is 11.1 Å². The Morgan fingerprint density at radius 1 is 1.20 bits per heavy atom. The van der Waals surface area contributed by atoms with Crippen molar-refractivity contribution in [2.45, 2.75) is 13.5 Å². The molecule has 0 fully saturated rings. The SMILES string of the molecule is Cc1ccc(N)c(C(=O)N(C)Cc2ccc(O)cc2)c1. The van der Waals surface area contributed by atoms with Gasteiger partial charge < -0.3 is 15.7 Å². The molecular formula is C16H18N2O2. The number of carbonyl (C=O) groups excluding carboxylic acids is 1. The van der Waals surface area contributed by atoms with Gasteiger partial charge in [0.2, 0.25) is 0 Å². The van der Waals surface area contributed by atoms with Gasteiger partial charge in [-0.05, 0) is 36.8 Å². The lowest BCUT2D eigenvalue weighted by Gasteiger charge is -2.18. The van der Waals surface area contributed by atoms with Gasteiger partial charge >= 0.3 is 0 Å². The largest absolute Gasteiger partial charge is 0.508 e. The highest BCUT2D eigenvalue weighted by Crippen LogP contribution is 2.17. The van der Waals surface area contributed by atoms with Crippen molar-refractivity contribution in [1.29, 1.82) is 0 Å². The molecule has 0 radical (unpaired) electrons. The minimum Gasteiger partial charge on any atom is -0.508 e. The Morgan fingerprint density at radius 2 is 1.85 bits per heavy atom. The number of carbonyl (C=O) groups is 1. The summed E-state index contributed by atoms with van der Waals surface area (Å²) in [5.41, 5.74) is 8.81. The van der Waals surface area contributed by atoms with Gasteiger partial charge in [0.05, 0.1) is 5.56 Å². The highest BCUT2D eigenvalue weighted by Gasteiger charge is 2.15. The Hall–Kier alpha value is -2.49. The molecule has 0 aliphatic carbocycles. The van der Waals surface area contributed by atoms with Crippen LogP contribution in [0.5, 0.6) is 5.75 Å². The number of amides is 1. The standard InChI is InChI=1S/C16H18N2O2/c1-11-3-8-15(17)14(9-11)16(20)18(2)10-12-4-6-13(19)7-5-12/h3-9,19H,10,17H2,1-2H3. The van der Waals surface area contributed by atoms with Gasteiger partial charge in [0.15, 0.2) is 0 Å². The van der Waals surface area contributed by atoms with Crippen LogP contribution in [0.4, 0.5) is 5.69 Å². The maximum absolute atomic E-state index is 12.4. The smallest absolute Gasteiger partial charge is 0.255 e. The molecule has 0 aliphatic heterocycles. The van der Waals surface area contributed by atoms with Crippen LogP contribution in [0.1, 0.15) is 21.5 Å². The lowest BCUT2D eigenvalue weighted by molar-refractivity contribution is 0.0786. The first-order chi connectivity index (χ1) is 9.47. The van der Waals surface area contributed by atoms with E-state index in [0.29, 0.717) is 17.8 Å². The van der Waals surface area contributed by atoms with Gasteiger partial charge in [0, 0.05) is 19.3 Å². The van der Waals surface area contributed by atoms with Gasteiger partial charge in [-0.2, -0.15) is 0 Å². The maximum atomic E-state index is 12.4. The van der Waals surface area contributed by atoms with Crippen LogP contribution in [0.2, 0.25) is 0 Å². The van der Waals surface area contributed by atoms with Crippen molar-refractivity contribution in [2.24, 2.45) is 0 Å². The third-order valence-corrected chi connectivity index (χ3v) is 3.14. The second-order valence-corrected chi connectivity index (χ2v) is 4.92. The number of aromatic hydroxyl groups is 1. The van der Waals surface area contributed by atoms with Crippen LogP contribution in [0.25, 0.3) is 0 Å². The summed E-state index contributed by atoms with van der Waals surface area (Å²) in [6, 6.07) is 12.2. The van der Waals surface area contributed by atoms with E-state index in [1.165, 1.54) is 0 Å². The van der Waals surface area contributed by atoms with Gasteiger partial charge in [-0.1, -0.05) is 23.8 Å². The first kappa shape index (κ1) is 13.9. The molecule has 0 atom stereocenters. The molecule has 0 aromatic heterocycles. The van der Waals surface area contributed by atoms with Gasteiger partial charge in [-0.3, -0.25) is 4.79 Å². The second kappa shape index (κ2) is 5.65. The molecule has 0 saturated heterocycles. The lowest BCUT2D eigenvalue weighted by Crippen LogP contribution is -2.27. The number of nitrogens with zero attached hydrogens (tertiary/aromatic N) is 1. The normalized spacial score (nSPS) is 10.3. The molecule has 3 N–H and O–H groups in total. The van der Waals surface area contributed by atoms with Gasteiger partial charge in [0.1, 0.15) is 5.75 Å². The topological polar surface area (TPSA) is 66.6 Å². The van der Waals surface area contributed by atoms with E-state index < -0.39 is 0 Å². The molecule has 4 heteroatoms. The van der Waals surface area contributed by atoms with Gasteiger partial charge in [-0.25, -0.2) is 0 Å². The molecule has 0 unspecified atom stereocenters. The minimum absolute atomic E-state index is 0.112. The molecule has 2 aromatic rings. The summed E-state index contributed by atoms with van der Waals surface area (Å²) in [5, 5.41) is 9.25. The highest BCUT2D eigenvalue weighted by molar-refractivity contribution is 5.99. The molecule has 0 bridgehead atoms. The van der Waals surface area contributed by atoms with E-state index in [-0.39, 0.29) is 11.7 Å². The Bertz CT molecular complexity index is 621. The average Bonchev–Trinajstić information content (AvgIpc) is 2.43. The number of nitrogen functional groups attached to an aromatic ring is 1. The minimum atomic E-state index is -0.112. The Kier molecular flexibility index (Phi) is 3.94. The first-order valence-corrected chi connectivity index (χ1v) is 6.37. The fraction of sp³-hybridized carbons (Fsp3) is 0.188. The first-order valence-electron chi connectivity index (χ1n) is 6.37. The summed E-state index contributed by atoms with van der Waals surface area (Å²) < 4.78 is 0. The molecular weight excluding hydrogens is 252 g/mol. The van der Waals surface area contributed by atoms with Crippen molar-refractivity contribution >= 4 is 11.6 Å². The zero-order chi connectivity index (χ0) is 14.7. The number of phenols is 1. The number of rotatable bonds is 3. The third-order valence-electron chi connectivity index (χ3n) is 3.14. The van der Waals surface area contributed by atoms with Crippen molar-refractivity contribution in [3.63, 3.8) is 0 Å². The molecule has 0 heterocycles. The molecule has 0 spiro atoms. The summed E-state index contributed by atoms with van der Waals surface area (Å²) in [6.07, 6.45) is 0. The van der Waals surface area contributed by atoms with Gasteiger partial charge in [-0.15, -0.1) is 0 Å². The predicted molar refractivity (Wildman–Crippen MR) is 79.5 cm³/mol. The summed E-state index contributed by atoms with van der Waals surface area (Å²) in [5.74, 6) is 0.102. The molecule has 1 amide bonds. The summed E-state index contributed by atoms with van der Waals surface area (Å²) in [7, 11) is 1.73. The number of phenolic OH excluding ortho intramolecular Hbond substituents is 1. The van der Waals surface area contributed by atoms with Crippen LogP contribution in [0.15, 0.2) is 42.5 Å². The maximum Gasteiger partial charge on any atom is 0.255 e. The van der Waals surface area contributed by atoms with Crippen LogP contribution < -0.4 is 5.73 Å². The third kappa shape index (κ3) is 3.09. The van der Waals surface area contributed by atoms with Crippen molar-refractivity contribution in [1.82, 2.24) is 4.90 Å². The highest BCUT2D eigenvalue weighted by atomic mass is 16.3. The zero-order valence-corrected chi connectivity index (χ0v) is 11.6.